The number of oxazole rings is 1. The summed E-state index contributed by atoms with van der Waals surface area (Å²) in [7, 11) is 1.88. The molecule has 1 radical (unpaired) electrons. The van der Waals surface area contributed by atoms with E-state index in [4.69, 9.17) is 4.42 Å². The molecule has 0 aliphatic rings. The van der Waals surface area contributed by atoms with E-state index in [-0.39, 0.29) is 20.1 Å². The van der Waals surface area contributed by atoms with E-state index in [0.717, 1.165) is 22.5 Å². The topological polar surface area (TPSA) is 56.7 Å². The van der Waals surface area contributed by atoms with E-state index in [2.05, 4.69) is 21.2 Å². The Morgan fingerprint density at radius 2 is 2.24 bits per heavy atom. The van der Waals surface area contributed by atoms with Crippen LogP contribution in [0.3, 0.4) is 0 Å². The third-order valence-corrected chi connectivity index (χ3v) is 2.39. The number of rotatable bonds is 1. The van der Waals surface area contributed by atoms with Gasteiger partial charge in [-0.25, -0.2) is 0 Å². The maximum Gasteiger partial charge on any atom is 0.180 e. The van der Waals surface area contributed by atoms with Crippen LogP contribution in [0.5, 0.6) is 0 Å². The van der Waals surface area contributed by atoms with Crippen LogP contribution in [-0.4, -0.2) is 19.7 Å². The zero-order chi connectivity index (χ0) is 11.1. The number of fused-ring (bicyclic) bond motifs is 1. The van der Waals surface area contributed by atoms with Crippen LogP contribution < -0.4 is 0 Å². The molecule has 0 saturated heterocycles. The van der Waals surface area contributed by atoms with Crippen LogP contribution in [-0.2, 0) is 27.2 Å². The molecule has 89 valence electrons. The third kappa shape index (κ3) is 1.90. The van der Waals surface area contributed by atoms with E-state index in [1.54, 1.807) is 12.4 Å². The van der Waals surface area contributed by atoms with Gasteiger partial charge in [-0.1, -0.05) is 11.6 Å². The summed E-state index contributed by atoms with van der Waals surface area (Å²) in [5, 5.41) is 7.89. The maximum atomic E-state index is 5.46. The monoisotopic (exact) mass is 406 g/mol. The molecule has 3 rings (SSSR count). The molecule has 3 aromatic rings. The minimum absolute atomic E-state index is 0. The quantitative estimate of drug-likeness (QED) is 0.579. The summed E-state index contributed by atoms with van der Waals surface area (Å²) in [4.78, 5) is 4.33. The predicted molar refractivity (Wildman–Crippen MR) is 57.6 cm³/mol. The average molecular weight is 405 g/mol. The van der Waals surface area contributed by atoms with E-state index >= 15 is 0 Å². The second kappa shape index (κ2) is 4.39. The molecule has 1 aromatic carbocycles. The number of hydrogen-bond donors (Lipinski definition) is 0. The van der Waals surface area contributed by atoms with Crippen LogP contribution in [0.2, 0.25) is 0 Å². The van der Waals surface area contributed by atoms with Crippen molar-refractivity contribution in [3.05, 3.63) is 30.4 Å². The molecule has 0 amide bonds. The van der Waals surface area contributed by atoms with Gasteiger partial charge in [0.1, 0.15) is 6.33 Å². The van der Waals surface area contributed by atoms with Crippen molar-refractivity contribution >= 4 is 11.1 Å². The molecule has 0 atom stereocenters. The molecule has 2 heterocycles. The van der Waals surface area contributed by atoms with E-state index in [1.165, 1.54) is 0 Å². The Bertz CT molecular complexity index is 658. The molecule has 0 bridgehead atoms. The SMILES string of the molecule is Cc1nc2c(-c3nncn3C)[c-]ccc2o1.[Ir]. The van der Waals surface area contributed by atoms with Crippen LogP contribution >= 0.6 is 0 Å². The van der Waals surface area contributed by atoms with E-state index in [9.17, 15) is 0 Å². The molecule has 0 aliphatic carbocycles. The first-order valence-electron chi connectivity index (χ1n) is 4.88. The van der Waals surface area contributed by atoms with Crippen molar-refractivity contribution in [2.75, 3.05) is 0 Å². The van der Waals surface area contributed by atoms with Gasteiger partial charge in [-0.2, -0.15) is 5.10 Å². The molecular formula is C11H9IrN4O-. The number of aryl methyl sites for hydroxylation is 2. The molecule has 0 unspecified atom stereocenters. The van der Waals surface area contributed by atoms with Crippen molar-refractivity contribution in [1.29, 1.82) is 0 Å². The van der Waals surface area contributed by atoms with Crippen LogP contribution in [0.25, 0.3) is 22.5 Å². The first-order chi connectivity index (χ1) is 7.75. The fraction of sp³-hybridized carbons (Fsp3) is 0.182. The van der Waals surface area contributed by atoms with E-state index in [1.807, 2.05) is 24.6 Å². The Hall–Kier alpha value is -1.52. The summed E-state index contributed by atoms with van der Waals surface area (Å²) in [6, 6.07) is 6.77. The summed E-state index contributed by atoms with van der Waals surface area (Å²) in [6.45, 7) is 1.82. The number of aromatic nitrogens is 4. The minimum Gasteiger partial charge on any atom is -0.461 e. The molecule has 0 spiro atoms. The second-order valence-corrected chi connectivity index (χ2v) is 3.56. The normalized spacial score (nSPS) is 10.5. The Balaban J connectivity index is 0.00000108. The zero-order valence-corrected chi connectivity index (χ0v) is 11.7. The Morgan fingerprint density at radius 1 is 1.41 bits per heavy atom. The fourth-order valence-corrected chi connectivity index (χ4v) is 1.68. The van der Waals surface area contributed by atoms with Gasteiger partial charge in [0.2, 0.25) is 0 Å². The van der Waals surface area contributed by atoms with Crippen molar-refractivity contribution in [2.45, 2.75) is 6.92 Å². The molecular weight excluding hydrogens is 396 g/mol. The molecule has 6 heteroatoms. The number of benzene rings is 1. The predicted octanol–water partition coefficient (Wildman–Crippen LogP) is 1.73. The first-order valence-corrected chi connectivity index (χ1v) is 4.88. The van der Waals surface area contributed by atoms with E-state index in [0.29, 0.717) is 5.89 Å². The van der Waals surface area contributed by atoms with Gasteiger partial charge < -0.3 is 8.98 Å². The molecule has 0 aliphatic heterocycles. The summed E-state index contributed by atoms with van der Waals surface area (Å²) in [5.41, 5.74) is 2.33. The van der Waals surface area contributed by atoms with Gasteiger partial charge in [-0.05, 0) is 0 Å². The largest absolute Gasteiger partial charge is 0.461 e. The summed E-state index contributed by atoms with van der Waals surface area (Å²) >= 11 is 0. The summed E-state index contributed by atoms with van der Waals surface area (Å²) in [6.07, 6.45) is 1.65. The Kier molecular flexibility index (Phi) is 3.09. The summed E-state index contributed by atoms with van der Waals surface area (Å²) < 4.78 is 7.29. The van der Waals surface area contributed by atoms with Crippen LogP contribution in [0.1, 0.15) is 5.89 Å². The Labute approximate surface area is 111 Å². The molecule has 0 saturated carbocycles. The second-order valence-electron chi connectivity index (χ2n) is 3.56. The maximum absolute atomic E-state index is 5.46. The van der Waals surface area contributed by atoms with Crippen LogP contribution in [0, 0.1) is 13.0 Å². The fourth-order valence-electron chi connectivity index (χ4n) is 1.68. The molecule has 0 fully saturated rings. The van der Waals surface area contributed by atoms with Crippen molar-refractivity contribution < 1.29 is 24.5 Å². The van der Waals surface area contributed by atoms with Gasteiger partial charge in [-0.3, -0.25) is 4.98 Å². The average Bonchev–Trinajstić information content (AvgIpc) is 2.82. The molecule has 5 nitrogen and oxygen atoms in total. The minimum atomic E-state index is 0. The van der Waals surface area contributed by atoms with Gasteiger partial charge >= 0.3 is 0 Å². The first kappa shape index (κ1) is 12.0. The Morgan fingerprint density at radius 3 is 2.94 bits per heavy atom. The van der Waals surface area contributed by atoms with Gasteiger partial charge in [-0.15, -0.1) is 17.2 Å². The molecule has 17 heavy (non-hydrogen) atoms. The third-order valence-electron chi connectivity index (χ3n) is 2.39. The van der Waals surface area contributed by atoms with Crippen molar-refractivity contribution in [1.82, 2.24) is 19.7 Å². The molecule has 2 aromatic heterocycles. The van der Waals surface area contributed by atoms with Gasteiger partial charge in [0, 0.05) is 39.6 Å². The number of nitrogens with zero attached hydrogens (tertiary/aromatic N) is 4. The van der Waals surface area contributed by atoms with Gasteiger partial charge in [0.25, 0.3) is 0 Å². The summed E-state index contributed by atoms with van der Waals surface area (Å²) in [5.74, 6) is 1.37. The van der Waals surface area contributed by atoms with Crippen molar-refractivity contribution in [3.8, 4) is 11.4 Å². The molecule has 0 N–H and O–H groups in total. The van der Waals surface area contributed by atoms with Crippen molar-refractivity contribution in [3.63, 3.8) is 0 Å². The van der Waals surface area contributed by atoms with E-state index < -0.39 is 0 Å². The standard InChI is InChI=1S/C11H9N4O.Ir/c1-7-13-10-8(4-3-5-9(10)16-7)11-14-12-6-15(11)2;/h3,5-6H,1-2H3;/q-1;. The van der Waals surface area contributed by atoms with Gasteiger partial charge in [0.15, 0.2) is 5.89 Å². The zero-order valence-electron chi connectivity index (χ0n) is 9.26. The smallest absolute Gasteiger partial charge is 0.180 e. The van der Waals surface area contributed by atoms with Gasteiger partial charge in [0.05, 0.1) is 11.4 Å². The van der Waals surface area contributed by atoms with Crippen molar-refractivity contribution in [2.24, 2.45) is 7.05 Å². The number of hydrogen-bond acceptors (Lipinski definition) is 4. The van der Waals surface area contributed by atoms with Crippen LogP contribution in [0.15, 0.2) is 22.9 Å². The van der Waals surface area contributed by atoms with Crippen LogP contribution in [0.4, 0.5) is 0 Å².